The molecule has 1 rings (SSSR count). The third kappa shape index (κ3) is 5.50. The van der Waals surface area contributed by atoms with Gasteiger partial charge in [0.25, 0.3) is 0 Å². The Labute approximate surface area is 151 Å². The molecule has 0 aromatic heterocycles. The molecule has 0 spiro atoms. The van der Waals surface area contributed by atoms with Gasteiger partial charge in [0, 0.05) is 0 Å². The fraction of sp³-hybridized carbons (Fsp3) is 0.647. The van der Waals surface area contributed by atoms with Crippen LogP contribution in [0.2, 0.25) is 0 Å². The van der Waals surface area contributed by atoms with E-state index in [2.05, 4.69) is 0 Å². The molecule has 1 aromatic rings. The summed E-state index contributed by atoms with van der Waals surface area (Å²) in [6.45, 7) is 9.63. The highest BCUT2D eigenvalue weighted by molar-refractivity contribution is 7.59. The molecule has 1 unspecified atom stereocenters. The summed E-state index contributed by atoms with van der Waals surface area (Å²) in [6, 6.07) is 9.19. The SMILES string of the molecule is CCOP(=O)(CC(C)(c1ccccc1)P(=O)(OCC)OCC)OCC. The first kappa shape index (κ1) is 22.6. The smallest absolute Gasteiger partial charge is 0.309 e. The van der Waals surface area contributed by atoms with Crippen molar-refractivity contribution in [2.45, 2.75) is 39.8 Å². The summed E-state index contributed by atoms with van der Waals surface area (Å²) in [4.78, 5) is 0. The van der Waals surface area contributed by atoms with Crippen molar-refractivity contribution in [2.75, 3.05) is 32.6 Å². The predicted octanol–water partition coefficient (Wildman–Crippen LogP) is 5.43. The lowest BCUT2D eigenvalue weighted by Crippen LogP contribution is -2.30. The lowest BCUT2D eigenvalue weighted by Gasteiger charge is -2.37. The van der Waals surface area contributed by atoms with Gasteiger partial charge in [-0.2, -0.15) is 0 Å². The van der Waals surface area contributed by atoms with Crippen LogP contribution in [0.5, 0.6) is 0 Å². The fourth-order valence-corrected chi connectivity index (χ4v) is 7.68. The topological polar surface area (TPSA) is 71.1 Å². The summed E-state index contributed by atoms with van der Waals surface area (Å²) < 4.78 is 48.9. The zero-order chi connectivity index (χ0) is 19.0. The van der Waals surface area contributed by atoms with Crippen molar-refractivity contribution in [1.29, 1.82) is 0 Å². The molecule has 6 nitrogen and oxygen atoms in total. The third-order valence-corrected chi connectivity index (χ3v) is 9.15. The van der Waals surface area contributed by atoms with Crippen molar-refractivity contribution in [1.82, 2.24) is 0 Å². The third-order valence-electron chi connectivity index (χ3n) is 3.75. The minimum Gasteiger partial charge on any atom is -0.309 e. The first-order valence-corrected chi connectivity index (χ1v) is 11.9. The summed E-state index contributed by atoms with van der Waals surface area (Å²) >= 11 is 0. The molecule has 8 heteroatoms. The van der Waals surface area contributed by atoms with Crippen LogP contribution < -0.4 is 0 Å². The van der Waals surface area contributed by atoms with Crippen LogP contribution in [0.25, 0.3) is 0 Å². The van der Waals surface area contributed by atoms with Gasteiger partial charge in [-0.25, -0.2) is 0 Å². The van der Waals surface area contributed by atoms with Gasteiger partial charge in [-0.05, 0) is 40.2 Å². The van der Waals surface area contributed by atoms with Crippen molar-refractivity contribution in [3.05, 3.63) is 35.9 Å². The second-order valence-electron chi connectivity index (χ2n) is 5.58. The molecule has 0 saturated heterocycles. The summed E-state index contributed by atoms with van der Waals surface area (Å²) in [5.41, 5.74) is 0.708. The number of rotatable bonds is 12. The van der Waals surface area contributed by atoms with E-state index in [1.165, 1.54) is 0 Å². The van der Waals surface area contributed by atoms with Crippen molar-refractivity contribution in [3.63, 3.8) is 0 Å². The second-order valence-corrected chi connectivity index (χ2v) is 10.1. The minimum absolute atomic E-state index is 0.0943. The lowest BCUT2D eigenvalue weighted by atomic mass is 10.0. The molecule has 0 N–H and O–H groups in total. The summed E-state index contributed by atoms with van der Waals surface area (Å²) in [5, 5.41) is -1.17. The first-order valence-electron chi connectivity index (χ1n) is 8.63. The lowest BCUT2D eigenvalue weighted by molar-refractivity contribution is 0.191. The average molecular weight is 392 g/mol. The van der Waals surface area contributed by atoms with Crippen LogP contribution in [-0.4, -0.2) is 32.6 Å². The molecule has 0 aliphatic heterocycles. The highest BCUT2D eigenvalue weighted by Gasteiger charge is 2.53. The van der Waals surface area contributed by atoms with Crippen molar-refractivity contribution >= 4 is 15.2 Å². The summed E-state index contributed by atoms with van der Waals surface area (Å²) in [5.74, 6) is 0. The first-order chi connectivity index (χ1) is 11.8. The van der Waals surface area contributed by atoms with Gasteiger partial charge in [0.15, 0.2) is 0 Å². The van der Waals surface area contributed by atoms with E-state index < -0.39 is 20.3 Å². The van der Waals surface area contributed by atoms with Gasteiger partial charge < -0.3 is 18.1 Å². The largest absolute Gasteiger partial charge is 0.341 e. The molecular formula is C17H30O6P2. The molecule has 0 aliphatic carbocycles. The highest BCUT2D eigenvalue weighted by Crippen LogP contribution is 2.69. The fourth-order valence-electron chi connectivity index (χ4n) is 2.69. The van der Waals surface area contributed by atoms with Crippen molar-refractivity contribution < 1.29 is 27.2 Å². The molecule has 0 aliphatic rings. The molecule has 0 bridgehead atoms. The Kier molecular flexibility index (Phi) is 9.03. The Morgan fingerprint density at radius 3 is 1.64 bits per heavy atom. The van der Waals surface area contributed by atoms with Crippen LogP contribution in [0.15, 0.2) is 30.3 Å². The zero-order valence-electron chi connectivity index (χ0n) is 15.8. The molecule has 1 atom stereocenters. The van der Waals surface area contributed by atoms with Crippen LogP contribution in [-0.2, 0) is 32.4 Å². The van der Waals surface area contributed by atoms with Gasteiger partial charge in [0.05, 0.1) is 32.6 Å². The van der Waals surface area contributed by atoms with Crippen LogP contribution in [0.3, 0.4) is 0 Å². The maximum Gasteiger partial charge on any atom is 0.341 e. The van der Waals surface area contributed by atoms with E-state index in [1.54, 1.807) is 34.6 Å². The molecule has 25 heavy (non-hydrogen) atoms. The summed E-state index contributed by atoms with van der Waals surface area (Å²) in [6.07, 6.45) is -0.0943. The quantitative estimate of drug-likeness (QED) is 0.442. The van der Waals surface area contributed by atoms with E-state index >= 15 is 0 Å². The molecule has 0 heterocycles. The van der Waals surface area contributed by atoms with E-state index in [9.17, 15) is 9.13 Å². The second kappa shape index (κ2) is 10.0. The molecule has 0 radical (unpaired) electrons. The van der Waals surface area contributed by atoms with Gasteiger partial charge in [-0.15, -0.1) is 0 Å². The maximum atomic E-state index is 13.6. The van der Waals surface area contributed by atoms with Crippen LogP contribution in [0.1, 0.15) is 40.2 Å². The van der Waals surface area contributed by atoms with E-state index in [0.717, 1.165) is 0 Å². The number of hydrogen-bond acceptors (Lipinski definition) is 6. The Morgan fingerprint density at radius 2 is 1.24 bits per heavy atom. The van der Waals surface area contributed by atoms with E-state index in [1.807, 2.05) is 30.3 Å². The normalized spacial score (nSPS) is 15.1. The molecule has 1 aromatic carbocycles. The molecule has 0 saturated carbocycles. The molecular weight excluding hydrogens is 362 g/mol. The zero-order valence-corrected chi connectivity index (χ0v) is 17.6. The Morgan fingerprint density at radius 1 is 0.800 bits per heavy atom. The van der Waals surface area contributed by atoms with Gasteiger partial charge in [-0.3, -0.25) is 9.13 Å². The van der Waals surface area contributed by atoms with Gasteiger partial charge >= 0.3 is 15.2 Å². The predicted molar refractivity (Wildman–Crippen MR) is 100 cm³/mol. The molecule has 144 valence electrons. The Bertz CT molecular complexity index is 586. The van der Waals surface area contributed by atoms with Gasteiger partial charge in [-0.1, -0.05) is 30.3 Å². The minimum atomic E-state index is -3.64. The summed E-state index contributed by atoms with van der Waals surface area (Å²) in [7, 11) is -7.12. The number of hydrogen-bond donors (Lipinski definition) is 0. The van der Waals surface area contributed by atoms with Crippen LogP contribution in [0, 0.1) is 0 Å². The van der Waals surface area contributed by atoms with Crippen molar-refractivity contribution in [2.24, 2.45) is 0 Å². The molecule has 0 amide bonds. The van der Waals surface area contributed by atoms with E-state index in [4.69, 9.17) is 18.1 Å². The monoisotopic (exact) mass is 392 g/mol. The van der Waals surface area contributed by atoms with Crippen LogP contribution in [0.4, 0.5) is 0 Å². The molecule has 0 fully saturated rings. The van der Waals surface area contributed by atoms with E-state index in [0.29, 0.717) is 5.56 Å². The standard InChI is InChI=1S/C17H30O6P2/c1-6-20-24(18,21-7-2)15-17(5,16-13-11-10-12-14-16)25(19,22-8-3)23-9-4/h10-14H,6-9,15H2,1-5H3. The van der Waals surface area contributed by atoms with Gasteiger partial charge in [0.2, 0.25) is 0 Å². The van der Waals surface area contributed by atoms with E-state index in [-0.39, 0.29) is 32.6 Å². The average Bonchev–Trinajstić information content (AvgIpc) is 2.56. The van der Waals surface area contributed by atoms with Gasteiger partial charge in [0.1, 0.15) is 5.16 Å². The Balaban J connectivity index is 3.47. The Hall–Kier alpha value is -0.480. The highest BCUT2D eigenvalue weighted by atomic mass is 31.2. The maximum absolute atomic E-state index is 13.6. The number of benzene rings is 1. The van der Waals surface area contributed by atoms with Crippen molar-refractivity contribution in [3.8, 4) is 0 Å². The van der Waals surface area contributed by atoms with Crippen LogP contribution >= 0.6 is 15.2 Å².